The van der Waals surface area contributed by atoms with Gasteiger partial charge in [-0.25, -0.2) is 0 Å². The predicted molar refractivity (Wildman–Crippen MR) is 144 cm³/mol. The van der Waals surface area contributed by atoms with E-state index in [0.29, 0.717) is 0 Å². The Balaban J connectivity index is 1.61. The molecule has 31 heavy (non-hydrogen) atoms. The van der Waals surface area contributed by atoms with Gasteiger partial charge >= 0.3 is 0 Å². The summed E-state index contributed by atoms with van der Waals surface area (Å²) >= 11 is 0. The molecule has 0 N–H and O–H groups in total. The molecule has 0 aliphatic heterocycles. The number of aryl methyl sites for hydroxylation is 2. The molecule has 0 heterocycles. The monoisotopic (exact) mass is 438 g/mol. The number of hydrogen-bond donors (Lipinski definition) is 0. The van der Waals surface area contributed by atoms with Gasteiger partial charge in [0.05, 0.1) is 0 Å². The summed E-state index contributed by atoms with van der Waals surface area (Å²) in [4.78, 5) is 0. The molecular weight excluding hydrogens is 391 g/mol. The zero-order chi connectivity index (χ0) is 22.0. The highest BCUT2D eigenvalue weighted by Crippen LogP contribution is 2.16. The van der Waals surface area contributed by atoms with E-state index in [9.17, 15) is 0 Å². The first-order valence-electron chi connectivity index (χ1n) is 13.3. The van der Waals surface area contributed by atoms with E-state index in [4.69, 9.17) is 0 Å². The molecule has 2 aromatic rings. The van der Waals surface area contributed by atoms with Gasteiger partial charge < -0.3 is 0 Å². The molecule has 0 saturated heterocycles. The minimum Gasteiger partial charge on any atom is -0.0654 e. The fraction of sp³-hybridized carbons (Fsp3) is 0.600. The summed E-state index contributed by atoms with van der Waals surface area (Å²) in [6.45, 7) is 4.58. The molecule has 0 aromatic heterocycles. The van der Waals surface area contributed by atoms with E-state index in [1.165, 1.54) is 124 Å². The van der Waals surface area contributed by atoms with Crippen LogP contribution in [0.1, 0.15) is 115 Å². The normalized spacial score (nSPS) is 11.2. The van der Waals surface area contributed by atoms with Crippen molar-refractivity contribution in [3.05, 3.63) is 59.7 Å². The van der Waals surface area contributed by atoms with Crippen molar-refractivity contribution >= 4 is 19.2 Å². The molecule has 0 spiro atoms. The van der Waals surface area contributed by atoms with E-state index in [1.54, 1.807) is 0 Å². The average molecular weight is 439 g/mol. The van der Waals surface area contributed by atoms with Gasteiger partial charge in [-0.3, -0.25) is 0 Å². The van der Waals surface area contributed by atoms with Crippen LogP contribution in [0.2, 0.25) is 0 Å². The second-order valence-corrected chi connectivity index (χ2v) is 10.7. The lowest BCUT2D eigenvalue weighted by Crippen LogP contribution is -2.04. The average Bonchev–Trinajstić information content (AvgIpc) is 2.80. The van der Waals surface area contributed by atoms with Gasteiger partial charge in [-0.1, -0.05) is 148 Å². The van der Waals surface area contributed by atoms with Crippen LogP contribution in [-0.2, 0) is 12.8 Å². The molecule has 0 atom stereocenters. The highest BCUT2D eigenvalue weighted by Gasteiger charge is 2.00. The van der Waals surface area contributed by atoms with E-state index < -0.39 is 0 Å². The van der Waals surface area contributed by atoms with Crippen LogP contribution >= 0.6 is 8.58 Å². The highest BCUT2D eigenvalue weighted by molar-refractivity contribution is 7.55. The zero-order valence-corrected chi connectivity index (χ0v) is 21.4. The van der Waals surface area contributed by atoms with E-state index in [-0.39, 0.29) is 0 Å². The predicted octanol–water partition coefficient (Wildman–Crippen LogP) is 8.90. The Labute approximate surface area is 195 Å². The Kier molecular flexibility index (Phi) is 14.7. The summed E-state index contributed by atoms with van der Waals surface area (Å²) in [5.74, 6) is 0. The first-order chi connectivity index (χ1) is 15.3. The standard InChI is InChI=1S/C30H47P/c1-3-5-7-9-11-13-15-17-27-19-23-29(24-20-27)31-30-25-21-28(22-26-30)18-16-14-12-10-8-6-4-2/h19-26,31H,3-18H2,1-2H3. The van der Waals surface area contributed by atoms with Crippen LogP contribution < -0.4 is 10.6 Å². The van der Waals surface area contributed by atoms with Crippen molar-refractivity contribution in [3.63, 3.8) is 0 Å². The van der Waals surface area contributed by atoms with Gasteiger partial charge in [0, 0.05) is 0 Å². The first kappa shape index (κ1) is 26.1. The van der Waals surface area contributed by atoms with E-state index >= 15 is 0 Å². The Morgan fingerprint density at radius 2 is 0.742 bits per heavy atom. The van der Waals surface area contributed by atoms with Crippen LogP contribution in [0.15, 0.2) is 48.5 Å². The number of benzene rings is 2. The molecule has 1 heteroatoms. The molecule has 0 saturated carbocycles. The molecule has 0 bridgehead atoms. The number of unbranched alkanes of at least 4 members (excludes halogenated alkanes) is 12. The van der Waals surface area contributed by atoms with Crippen LogP contribution in [0.5, 0.6) is 0 Å². The number of hydrogen-bond acceptors (Lipinski definition) is 0. The van der Waals surface area contributed by atoms with Crippen molar-refractivity contribution in [2.24, 2.45) is 0 Å². The molecule has 0 nitrogen and oxygen atoms in total. The van der Waals surface area contributed by atoms with Crippen LogP contribution in [0, 0.1) is 0 Å². The fourth-order valence-electron chi connectivity index (χ4n) is 4.25. The van der Waals surface area contributed by atoms with Crippen molar-refractivity contribution in [1.29, 1.82) is 0 Å². The minimum atomic E-state index is 0.773. The maximum atomic E-state index is 2.36. The Hall–Kier alpha value is -1.13. The van der Waals surface area contributed by atoms with Gasteiger partial charge in [-0.2, -0.15) is 0 Å². The lowest BCUT2D eigenvalue weighted by Gasteiger charge is -2.07. The van der Waals surface area contributed by atoms with E-state index in [2.05, 4.69) is 62.4 Å². The maximum Gasteiger partial charge on any atom is -0.0226 e. The summed E-state index contributed by atoms with van der Waals surface area (Å²) in [6.07, 6.45) is 22.0. The second-order valence-electron chi connectivity index (χ2n) is 9.26. The third kappa shape index (κ3) is 12.5. The van der Waals surface area contributed by atoms with Crippen molar-refractivity contribution in [1.82, 2.24) is 0 Å². The van der Waals surface area contributed by atoms with Gasteiger partial charge in [0.2, 0.25) is 0 Å². The summed E-state index contributed by atoms with van der Waals surface area (Å²) in [7, 11) is 0.773. The molecular formula is C30H47P. The lowest BCUT2D eigenvalue weighted by molar-refractivity contribution is 0.589. The fourth-order valence-corrected chi connectivity index (χ4v) is 5.25. The molecule has 0 amide bonds. The Morgan fingerprint density at radius 1 is 0.419 bits per heavy atom. The second kappa shape index (κ2) is 17.4. The third-order valence-corrected chi connectivity index (χ3v) is 7.58. The minimum absolute atomic E-state index is 0.773. The van der Waals surface area contributed by atoms with Crippen LogP contribution in [0.3, 0.4) is 0 Å². The summed E-state index contributed by atoms with van der Waals surface area (Å²) in [5, 5.41) is 2.92. The van der Waals surface area contributed by atoms with Crippen molar-refractivity contribution in [2.75, 3.05) is 0 Å². The largest absolute Gasteiger partial charge is 0.0654 e. The van der Waals surface area contributed by atoms with Gasteiger partial charge in [-0.05, 0) is 47.4 Å². The molecule has 2 rings (SSSR count). The highest BCUT2D eigenvalue weighted by atomic mass is 31.1. The smallest absolute Gasteiger partial charge is 0.0226 e. The van der Waals surface area contributed by atoms with Gasteiger partial charge in [0.15, 0.2) is 0 Å². The molecule has 0 aliphatic carbocycles. The van der Waals surface area contributed by atoms with E-state index in [0.717, 1.165) is 8.58 Å². The van der Waals surface area contributed by atoms with Crippen LogP contribution in [-0.4, -0.2) is 0 Å². The lowest BCUT2D eigenvalue weighted by atomic mass is 10.0. The SMILES string of the molecule is CCCCCCCCCc1ccc(Pc2ccc(CCCCCCCCC)cc2)cc1. The quantitative estimate of drug-likeness (QED) is 0.161. The molecule has 172 valence electrons. The van der Waals surface area contributed by atoms with Gasteiger partial charge in [-0.15, -0.1) is 0 Å². The summed E-state index contributed by atoms with van der Waals surface area (Å²) in [6, 6.07) is 18.8. The molecule has 0 unspecified atom stereocenters. The first-order valence-corrected chi connectivity index (χ1v) is 14.3. The van der Waals surface area contributed by atoms with Crippen molar-refractivity contribution in [3.8, 4) is 0 Å². The van der Waals surface area contributed by atoms with Gasteiger partial charge in [0.25, 0.3) is 0 Å². The topological polar surface area (TPSA) is 0 Å². The van der Waals surface area contributed by atoms with Crippen molar-refractivity contribution < 1.29 is 0 Å². The molecule has 0 fully saturated rings. The third-order valence-electron chi connectivity index (χ3n) is 6.33. The summed E-state index contributed by atoms with van der Waals surface area (Å²) in [5.41, 5.74) is 3.01. The maximum absolute atomic E-state index is 2.36. The Morgan fingerprint density at radius 3 is 1.10 bits per heavy atom. The van der Waals surface area contributed by atoms with Crippen LogP contribution in [0.4, 0.5) is 0 Å². The van der Waals surface area contributed by atoms with E-state index in [1.807, 2.05) is 0 Å². The summed E-state index contributed by atoms with van der Waals surface area (Å²) < 4.78 is 0. The molecule has 0 radical (unpaired) electrons. The Bertz CT molecular complexity index is 596. The molecule has 0 aliphatic rings. The van der Waals surface area contributed by atoms with Crippen molar-refractivity contribution in [2.45, 2.75) is 117 Å². The zero-order valence-electron chi connectivity index (χ0n) is 20.4. The molecule has 2 aromatic carbocycles. The van der Waals surface area contributed by atoms with Crippen LogP contribution in [0.25, 0.3) is 0 Å². The number of rotatable bonds is 18. The van der Waals surface area contributed by atoms with Gasteiger partial charge in [0.1, 0.15) is 0 Å².